The summed E-state index contributed by atoms with van der Waals surface area (Å²) in [5, 5.41) is 11.4. The average Bonchev–Trinajstić information content (AvgIpc) is 2.93. The van der Waals surface area contributed by atoms with Crippen molar-refractivity contribution in [3.05, 3.63) is 69.9 Å². The first-order chi connectivity index (χ1) is 13.0. The summed E-state index contributed by atoms with van der Waals surface area (Å²) in [5.41, 5.74) is 2.07. The van der Waals surface area contributed by atoms with E-state index in [2.05, 4.69) is 29.5 Å². The number of nitriles is 1. The van der Waals surface area contributed by atoms with E-state index in [-0.39, 0.29) is 12.3 Å². The molecule has 2 aromatic heterocycles. The summed E-state index contributed by atoms with van der Waals surface area (Å²) in [7, 11) is 0. The molecule has 0 bridgehead atoms. The molecule has 0 radical (unpaired) electrons. The highest BCUT2D eigenvalue weighted by molar-refractivity contribution is 7.99. The number of benzene rings is 1. The molecule has 0 aliphatic rings. The lowest BCUT2D eigenvalue weighted by Crippen LogP contribution is -2.06. The van der Waals surface area contributed by atoms with Crippen LogP contribution in [0.25, 0.3) is 0 Å². The number of hydrogen-bond donors (Lipinski definition) is 0. The summed E-state index contributed by atoms with van der Waals surface area (Å²) < 4.78 is 2.10. The maximum absolute atomic E-state index is 9.26. The third-order valence-electron chi connectivity index (χ3n) is 3.95. The average molecular weight is 417 g/mol. The zero-order valence-electron chi connectivity index (χ0n) is 15.0. The van der Waals surface area contributed by atoms with E-state index in [0.29, 0.717) is 16.6 Å². The molecule has 0 saturated carbocycles. The van der Waals surface area contributed by atoms with Gasteiger partial charge in [-0.05, 0) is 41.8 Å². The molecule has 2 heterocycles. The number of hydrogen-bond acceptors (Lipinski definition) is 4. The normalized spacial score (nSPS) is 11.0. The Morgan fingerprint density at radius 2 is 1.81 bits per heavy atom. The fourth-order valence-electron chi connectivity index (χ4n) is 2.72. The number of pyridine rings is 1. The van der Waals surface area contributed by atoms with Gasteiger partial charge in [-0.25, -0.2) is 4.98 Å². The van der Waals surface area contributed by atoms with Crippen molar-refractivity contribution in [1.29, 1.82) is 5.26 Å². The lowest BCUT2D eigenvalue weighted by molar-refractivity contribution is 0.681. The minimum atomic E-state index is 0.221. The molecule has 3 rings (SSSR count). The van der Waals surface area contributed by atoms with Crippen LogP contribution >= 0.6 is 35.0 Å². The molecular weight excluding hydrogens is 399 g/mol. The van der Waals surface area contributed by atoms with Crippen LogP contribution in [0.4, 0.5) is 0 Å². The van der Waals surface area contributed by atoms with E-state index in [1.54, 1.807) is 30.2 Å². The quantitative estimate of drug-likeness (QED) is 0.496. The smallest absolute Gasteiger partial charge is 0.124 e. The van der Waals surface area contributed by atoms with Crippen LogP contribution in [0.5, 0.6) is 0 Å². The molecule has 0 aliphatic heterocycles. The predicted molar refractivity (Wildman–Crippen MR) is 110 cm³/mol. The van der Waals surface area contributed by atoms with Crippen molar-refractivity contribution < 1.29 is 0 Å². The van der Waals surface area contributed by atoms with E-state index in [1.165, 1.54) is 0 Å². The van der Waals surface area contributed by atoms with E-state index in [1.807, 2.05) is 24.3 Å². The van der Waals surface area contributed by atoms with Gasteiger partial charge in [-0.15, -0.1) is 0 Å². The summed E-state index contributed by atoms with van der Waals surface area (Å²) in [6, 6.07) is 11.6. The topological polar surface area (TPSA) is 54.5 Å². The minimum Gasteiger partial charge on any atom is -0.317 e. The van der Waals surface area contributed by atoms with Gasteiger partial charge in [0.1, 0.15) is 10.9 Å². The van der Waals surface area contributed by atoms with E-state index >= 15 is 0 Å². The van der Waals surface area contributed by atoms with Crippen molar-refractivity contribution in [2.45, 2.75) is 42.7 Å². The third-order valence-corrected chi connectivity index (χ3v) is 5.48. The van der Waals surface area contributed by atoms with Gasteiger partial charge in [-0.1, -0.05) is 48.8 Å². The molecule has 0 saturated heterocycles. The van der Waals surface area contributed by atoms with Crippen LogP contribution in [-0.4, -0.2) is 14.5 Å². The monoisotopic (exact) mass is 416 g/mol. The van der Waals surface area contributed by atoms with Crippen LogP contribution in [0, 0.1) is 11.3 Å². The van der Waals surface area contributed by atoms with Crippen LogP contribution in [0.15, 0.2) is 52.6 Å². The molecule has 0 unspecified atom stereocenters. The number of halogens is 2. The summed E-state index contributed by atoms with van der Waals surface area (Å²) in [6.45, 7) is 4.82. The van der Waals surface area contributed by atoms with Gasteiger partial charge in [0.2, 0.25) is 0 Å². The maximum atomic E-state index is 9.26. The minimum absolute atomic E-state index is 0.221. The molecule has 4 nitrogen and oxygen atoms in total. The second-order valence-corrected chi connectivity index (χ2v) is 8.29. The van der Waals surface area contributed by atoms with E-state index < -0.39 is 0 Å². The molecular formula is C20H18Cl2N4S. The zero-order chi connectivity index (χ0) is 19.4. The Bertz CT molecular complexity index is 957. The van der Waals surface area contributed by atoms with Crippen molar-refractivity contribution in [1.82, 2.24) is 14.5 Å². The Labute approximate surface area is 173 Å². The van der Waals surface area contributed by atoms with Crippen LogP contribution in [0.3, 0.4) is 0 Å². The SMILES string of the molecule is CC(C)c1nc(CC#N)n(Cc2ccncc2)c1Sc1cc(Cl)cc(Cl)c1. The fourth-order valence-corrected chi connectivity index (χ4v) is 4.64. The fraction of sp³-hybridized carbons (Fsp3) is 0.250. The first kappa shape index (κ1) is 19.8. The van der Waals surface area contributed by atoms with Crippen molar-refractivity contribution in [3.8, 4) is 6.07 Å². The second-order valence-electron chi connectivity index (χ2n) is 6.36. The number of rotatable bonds is 6. The first-order valence-electron chi connectivity index (χ1n) is 8.47. The van der Waals surface area contributed by atoms with Crippen LogP contribution in [-0.2, 0) is 13.0 Å². The highest BCUT2D eigenvalue weighted by Crippen LogP contribution is 2.37. The van der Waals surface area contributed by atoms with E-state index in [9.17, 15) is 5.26 Å². The first-order valence-corrected chi connectivity index (χ1v) is 10.0. The molecule has 0 spiro atoms. The summed E-state index contributed by atoms with van der Waals surface area (Å²) in [4.78, 5) is 9.79. The summed E-state index contributed by atoms with van der Waals surface area (Å²) >= 11 is 13.9. The molecule has 0 amide bonds. The summed E-state index contributed by atoms with van der Waals surface area (Å²) in [6.07, 6.45) is 3.79. The van der Waals surface area contributed by atoms with Crippen LogP contribution < -0.4 is 0 Å². The van der Waals surface area contributed by atoms with Gasteiger partial charge < -0.3 is 4.57 Å². The number of imidazole rings is 1. The van der Waals surface area contributed by atoms with Crippen LogP contribution in [0.1, 0.15) is 36.8 Å². The molecule has 138 valence electrons. The molecule has 3 aromatic rings. The lowest BCUT2D eigenvalue weighted by Gasteiger charge is -2.13. The van der Waals surface area contributed by atoms with Gasteiger partial charge in [0.05, 0.1) is 18.2 Å². The summed E-state index contributed by atoms with van der Waals surface area (Å²) in [5.74, 6) is 0.979. The molecule has 27 heavy (non-hydrogen) atoms. The van der Waals surface area contributed by atoms with E-state index in [0.717, 1.165) is 27.0 Å². The molecule has 0 atom stereocenters. The van der Waals surface area contributed by atoms with Gasteiger partial charge in [0.15, 0.2) is 0 Å². The van der Waals surface area contributed by atoms with Gasteiger partial charge in [0.25, 0.3) is 0 Å². The Balaban J connectivity index is 2.09. The second kappa shape index (κ2) is 8.79. The van der Waals surface area contributed by atoms with Gasteiger partial charge >= 0.3 is 0 Å². The maximum Gasteiger partial charge on any atom is 0.124 e. The van der Waals surface area contributed by atoms with Crippen molar-refractivity contribution >= 4 is 35.0 Å². The van der Waals surface area contributed by atoms with E-state index in [4.69, 9.17) is 28.2 Å². The van der Waals surface area contributed by atoms with Gasteiger partial charge in [-0.2, -0.15) is 5.26 Å². The molecule has 0 aliphatic carbocycles. The Morgan fingerprint density at radius 1 is 1.15 bits per heavy atom. The van der Waals surface area contributed by atoms with Crippen molar-refractivity contribution in [2.24, 2.45) is 0 Å². The molecule has 1 aromatic carbocycles. The van der Waals surface area contributed by atoms with Crippen molar-refractivity contribution in [2.75, 3.05) is 0 Å². The highest BCUT2D eigenvalue weighted by atomic mass is 35.5. The number of aromatic nitrogens is 3. The standard InChI is InChI=1S/C20H18Cl2N4S/c1-13(2)19-20(27-17-10-15(21)9-16(22)11-17)26(18(25-19)3-6-23)12-14-4-7-24-8-5-14/h4-5,7-11,13H,3,12H2,1-2H3. The Kier molecular flexibility index (Phi) is 6.43. The molecule has 7 heteroatoms. The van der Waals surface area contributed by atoms with Gasteiger partial charge in [-0.3, -0.25) is 4.98 Å². The number of nitrogens with zero attached hydrogens (tertiary/aromatic N) is 4. The largest absolute Gasteiger partial charge is 0.317 e. The lowest BCUT2D eigenvalue weighted by atomic mass is 10.1. The third kappa shape index (κ3) is 4.84. The van der Waals surface area contributed by atoms with Gasteiger partial charge in [0, 0.05) is 33.9 Å². The predicted octanol–water partition coefficient (Wildman–Crippen LogP) is 5.97. The molecule has 0 N–H and O–H groups in total. The molecule has 0 fully saturated rings. The highest BCUT2D eigenvalue weighted by Gasteiger charge is 2.21. The Morgan fingerprint density at radius 3 is 2.41 bits per heavy atom. The van der Waals surface area contributed by atoms with Crippen LogP contribution in [0.2, 0.25) is 10.0 Å². The van der Waals surface area contributed by atoms with Crippen molar-refractivity contribution in [3.63, 3.8) is 0 Å². The Hall–Kier alpha value is -2.00. The zero-order valence-corrected chi connectivity index (χ0v) is 17.3.